The lowest BCUT2D eigenvalue weighted by molar-refractivity contribution is -0.137. The van der Waals surface area contributed by atoms with Gasteiger partial charge in [-0.3, -0.25) is 0 Å². The maximum atomic E-state index is 12.7. The third-order valence-electron chi connectivity index (χ3n) is 4.52. The van der Waals surface area contributed by atoms with Crippen molar-refractivity contribution in [2.75, 3.05) is 11.9 Å². The maximum absolute atomic E-state index is 12.7. The average Bonchev–Trinajstić information content (AvgIpc) is 2.63. The molecule has 8 heteroatoms. The van der Waals surface area contributed by atoms with Gasteiger partial charge >= 0.3 is 6.18 Å². The number of alkyl halides is 3. The molecular weight excluding hydrogens is 367 g/mol. The molecule has 1 saturated heterocycles. The summed E-state index contributed by atoms with van der Waals surface area (Å²) in [4.78, 5) is 0. The lowest BCUT2D eigenvalue weighted by Crippen LogP contribution is -2.29. The quantitative estimate of drug-likeness (QED) is 0.787. The van der Waals surface area contributed by atoms with E-state index in [1.54, 1.807) is 6.20 Å². The van der Waals surface area contributed by atoms with Crippen molar-refractivity contribution in [3.05, 3.63) is 52.3 Å². The molecule has 2 heterocycles. The molecule has 1 fully saturated rings. The fraction of sp³-hybridized carbons (Fsp3) is 0.444. The van der Waals surface area contributed by atoms with E-state index in [1.165, 1.54) is 12.1 Å². The van der Waals surface area contributed by atoms with Crippen LogP contribution in [0.15, 0.2) is 30.5 Å². The van der Waals surface area contributed by atoms with E-state index in [1.807, 2.05) is 6.92 Å². The Balaban J connectivity index is 1.61. The molecule has 1 aromatic carbocycles. The number of hydrogen-bond donors (Lipinski definition) is 1. The molecule has 3 rings (SSSR count). The van der Waals surface area contributed by atoms with E-state index >= 15 is 0 Å². The normalized spacial score (nSPS) is 20.8. The molecule has 1 aliphatic rings. The molecule has 0 saturated carbocycles. The standard InChI is InChI=1S/C18H19ClF3N3O/c1-11-15(10-24-25-17(11)19)23-9-14-3-2-4-16(26-14)12-5-7-13(8-6-12)18(20,21)22/h5-8,10,14,16H,2-4,9H2,1H3,(H,23,25). The SMILES string of the molecule is Cc1c(NCC2CCCC(c3ccc(C(F)(F)F)cc3)O2)cnnc1Cl. The van der Waals surface area contributed by atoms with Gasteiger partial charge in [0.05, 0.1) is 29.7 Å². The van der Waals surface area contributed by atoms with Crippen molar-refractivity contribution in [2.24, 2.45) is 0 Å². The highest BCUT2D eigenvalue weighted by molar-refractivity contribution is 6.30. The van der Waals surface area contributed by atoms with Crippen LogP contribution in [0.4, 0.5) is 18.9 Å². The first kappa shape index (κ1) is 18.9. The van der Waals surface area contributed by atoms with E-state index in [9.17, 15) is 13.2 Å². The summed E-state index contributed by atoms with van der Waals surface area (Å²) in [7, 11) is 0. The Morgan fingerprint density at radius 2 is 1.96 bits per heavy atom. The Kier molecular flexibility index (Phi) is 5.67. The number of nitrogens with one attached hydrogen (secondary N) is 1. The molecular formula is C18H19ClF3N3O. The Labute approximate surface area is 154 Å². The second kappa shape index (κ2) is 7.80. The van der Waals surface area contributed by atoms with Crippen LogP contribution in [0, 0.1) is 6.92 Å². The van der Waals surface area contributed by atoms with Crippen LogP contribution in [0.2, 0.25) is 5.15 Å². The zero-order chi connectivity index (χ0) is 18.7. The van der Waals surface area contributed by atoms with Crippen molar-refractivity contribution in [1.82, 2.24) is 10.2 Å². The molecule has 26 heavy (non-hydrogen) atoms. The van der Waals surface area contributed by atoms with Crippen LogP contribution in [0.25, 0.3) is 0 Å². The van der Waals surface area contributed by atoms with Gasteiger partial charge in [0.25, 0.3) is 0 Å². The Morgan fingerprint density at radius 3 is 2.65 bits per heavy atom. The molecule has 0 radical (unpaired) electrons. The molecule has 0 aliphatic carbocycles. The second-order valence-electron chi connectivity index (χ2n) is 6.35. The van der Waals surface area contributed by atoms with Gasteiger partial charge in [-0.2, -0.15) is 18.3 Å². The van der Waals surface area contributed by atoms with Gasteiger partial charge in [-0.1, -0.05) is 23.7 Å². The molecule has 4 nitrogen and oxygen atoms in total. The number of rotatable bonds is 4. The number of benzene rings is 1. The third kappa shape index (κ3) is 4.45. The summed E-state index contributed by atoms with van der Waals surface area (Å²) in [6, 6.07) is 5.21. The maximum Gasteiger partial charge on any atom is 0.416 e. The highest BCUT2D eigenvalue weighted by Gasteiger charge is 2.31. The van der Waals surface area contributed by atoms with Crippen molar-refractivity contribution in [3.8, 4) is 0 Å². The van der Waals surface area contributed by atoms with Crippen LogP contribution in [-0.4, -0.2) is 22.8 Å². The largest absolute Gasteiger partial charge is 0.416 e. The zero-order valence-corrected chi connectivity index (χ0v) is 14.9. The van der Waals surface area contributed by atoms with Gasteiger partial charge < -0.3 is 10.1 Å². The molecule has 2 aromatic rings. The van der Waals surface area contributed by atoms with Crippen molar-refractivity contribution < 1.29 is 17.9 Å². The van der Waals surface area contributed by atoms with Crippen molar-refractivity contribution in [2.45, 2.75) is 44.6 Å². The Morgan fingerprint density at radius 1 is 1.23 bits per heavy atom. The Bertz CT molecular complexity index is 752. The van der Waals surface area contributed by atoms with E-state index in [2.05, 4.69) is 15.5 Å². The summed E-state index contributed by atoms with van der Waals surface area (Å²) in [5.74, 6) is 0. The molecule has 2 atom stereocenters. The molecule has 140 valence electrons. The molecule has 1 N–H and O–H groups in total. The first-order valence-corrected chi connectivity index (χ1v) is 8.76. The van der Waals surface area contributed by atoms with Crippen molar-refractivity contribution >= 4 is 17.3 Å². The number of aromatic nitrogens is 2. The van der Waals surface area contributed by atoms with Crippen LogP contribution in [0.3, 0.4) is 0 Å². The molecule has 0 spiro atoms. The van der Waals surface area contributed by atoms with Crippen LogP contribution in [0.5, 0.6) is 0 Å². The van der Waals surface area contributed by atoms with Crippen molar-refractivity contribution in [3.63, 3.8) is 0 Å². The predicted molar refractivity (Wildman–Crippen MR) is 93.2 cm³/mol. The molecule has 2 unspecified atom stereocenters. The van der Waals surface area contributed by atoms with Gasteiger partial charge in [0.15, 0.2) is 5.15 Å². The number of anilines is 1. The van der Waals surface area contributed by atoms with Crippen LogP contribution in [-0.2, 0) is 10.9 Å². The average molecular weight is 386 g/mol. The molecule has 0 amide bonds. The fourth-order valence-corrected chi connectivity index (χ4v) is 3.15. The minimum absolute atomic E-state index is 0.0395. The highest BCUT2D eigenvalue weighted by Crippen LogP contribution is 2.34. The number of hydrogen-bond acceptors (Lipinski definition) is 4. The molecule has 1 aromatic heterocycles. The third-order valence-corrected chi connectivity index (χ3v) is 4.88. The smallest absolute Gasteiger partial charge is 0.381 e. The summed E-state index contributed by atoms with van der Waals surface area (Å²) in [6.45, 7) is 2.42. The number of nitrogens with zero attached hydrogens (tertiary/aromatic N) is 2. The minimum atomic E-state index is -4.32. The molecule has 0 bridgehead atoms. The topological polar surface area (TPSA) is 47.0 Å². The summed E-state index contributed by atoms with van der Waals surface area (Å²) in [5, 5.41) is 11.2. The summed E-state index contributed by atoms with van der Waals surface area (Å²) in [5.41, 5.74) is 1.74. The van der Waals surface area contributed by atoms with E-state index in [0.717, 1.165) is 48.2 Å². The van der Waals surface area contributed by atoms with Crippen LogP contribution in [0.1, 0.15) is 42.1 Å². The van der Waals surface area contributed by atoms with Gasteiger partial charge in [-0.15, -0.1) is 5.10 Å². The predicted octanol–water partition coefficient (Wildman–Crippen LogP) is 5.18. The van der Waals surface area contributed by atoms with Gasteiger partial charge in [0, 0.05) is 12.1 Å². The van der Waals surface area contributed by atoms with Crippen LogP contribution < -0.4 is 5.32 Å². The second-order valence-corrected chi connectivity index (χ2v) is 6.71. The lowest BCUT2D eigenvalue weighted by Gasteiger charge is -2.31. The summed E-state index contributed by atoms with van der Waals surface area (Å²) < 4.78 is 44.1. The van der Waals surface area contributed by atoms with E-state index < -0.39 is 11.7 Å². The highest BCUT2D eigenvalue weighted by atomic mass is 35.5. The van der Waals surface area contributed by atoms with Gasteiger partial charge in [0.1, 0.15) is 0 Å². The zero-order valence-electron chi connectivity index (χ0n) is 14.2. The summed E-state index contributed by atoms with van der Waals surface area (Å²) >= 11 is 5.96. The first-order valence-electron chi connectivity index (χ1n) is 8.39. The number of ether oxygens (including phenoxy) is 1. The van der Waals surface area contributed by atoms with Gasteiger partial charge in [-0.05, 0) is 43.9 Å². The monoisotopic (exact) mass is 385 g/mol. The fourth-order valence-electron chi connectivity index (χ4n) is 3.00. The van der Waals surface area contributed by atoms with Crippen LogP contribution >= 0.6 is 11.6 Å². The number of halogens is 4. The first-order chi connectivity index (χ1) is 12.3. The lowest BCUT2D eigenvalue weighted by atomic mass is 9.97. The van der Waals surface area contributed by atoms with Gasteiger partial charge in [-0.25, -0.2) is 0 Å². The van der Waals surface area contributed by atoms with E-state index in [4.69, 9.17) is 16.3 Å². The minimum Gasteiger partial charge on any atom is -0.381 e. The summed E-state index contributed by atoms with van der Waals surface area (Å²) in [6.07, 6.45) is -0.320. The molecule has 1 aliphatic heterocycles. The van der Waals surface area contributed by atoms with Gasteiger partial charge in [0.2, 0.25) is 0 Å². The van der Waals surface area contributed by atoms with E-state index in [-0.39, 0.29) is 12.2 Å². The van der Waals surface area contributed by atoms with Crippen molar-refractivity contribution in [1.29, 1.82) is 0 Å². The Hall–Kier alpha value is -1.86. The van der Waals surface area contributed by atoms with E-state index in [0.29, 0.717) is 11.7 Å².